The van der Waals surface area contributed by atoms with E-state index in [1.54, 1.807) is 0 Å². The van der Waals surface area contributed by atoms with E-state index in [4.69, 9.17) is 4.74 Å². The summed E-state index contributed by atoms with van der Waals surface area (Å²) in [7, 11) is -4.06. The zero-order valence-corrected chi connectivity index (χ0v) is 16.4. The molecule has 0 amide bonds. The number of carbonyl (C=O) groups is 1. The van der Waals surface area contributed by atoms with Gasteiger partial charge >= 0.3 is 5.97 Å². The molecule has 2 aromatic rings. The fourth-order valence-corrected chi connectivity index (χ4v) is 4.70. The Kier molecular flexibility index (Phi) is 6.54. The molecule has 0 aromatic heterocycles. The minimum absolute atomic E-state index is 0.0550. The molecule has 1 aliphatic rings. The van der Waals surface area contributed by atoms with Gasteiger partial charge in [-0.15, -0.1) is 0 Å². The van der Waals surface area contributed by atoms with Crippen molar-refractivity contribution in [3.05, 3.63) is 60.2 Å². The van der Waals surface area contributed by atoms with Gasteiger partial charge < -0.3 is 14.9 Å². The van der Waals surface area contributed by atoms with E-state index in [9.17, 15) is 23.4 Å². The van der Waals surface area contributed by atoms with Gasteiger partial charge in [-0.2, -0.15) is 4.31 Å². The smallest absolute Gasteiger partial charge is 0.322 e. The number of sulfonamides is 1. The van der Waals surface area contributed by atoms with Crippen LogP contribution in [0.4, 0.5) is 0 Å². The van der Waals surface area contributed by atoms with Crippen molar-refractivity contribution in [2.75, 3.05) is 13.2 Å². The lowest BCUT2D eigenvalue weighted by Gasteiger charge is -2.34. The minimum Gasteiger partial charge on any atom is -0.481 e. The number of aliphatic hydroxyl groups is 1. The first-order valence-corrected chi connectivity index (χ1v) is 10.5. The van der Waals surface area contributed by atoms with Gasteiger partial charge in [-0.25, -0.2) is 8.42 Å². The molecule has 0 bridgehead atoms. The molecule has 1 fully saturated rings. The average Bonchev–Trinajstić information content (AvgIpc) is 2.72. The van der Waals surface area contributed by atoms with Crippen LogP contribution in [-0.4, -0.2) is 54.2 Å². The second kappa shape index (κ2) is 9.09. The van der Waals surface area contributed by atoms with Crippen molar-refractivity contribution >= 4 is 16.0 Å². The fourth-order valence-electron chi connectivity index (χ4n) is 3.06. The van der Waals surface area contributed by atoms with Crippen molar-refractivity contribution in [2.24, 2.45) is 0 Å². The number of piperidine rings is 1. The third-order valence-electron chi connectivity index (χ3n) is 4.54. The number of benzene rings is 2. The Morgan fingerprint density at radius 3 is 2.45 bits per heavy atom. The SMILES string of the molecule is O=C(O)C1CCC(O)CN1S(=O)(=O)c1ccc(OCC#Cc2ccccc2)cc1. The lowest BCUT2D eigenvalue weighted by atomic mass is 10.0. The highest BCUT2D eigenvalue weighted by Gasteiger charge is 2.40. The summed E-state index contributed by atoms with van der Waals surface area (Å²) in [6.07, 6.45) is -0.567. The normalized spacial score (nSPS) is 19.8. The Bertz CT molecular complexity index is 1010. The fraction of sp³-hybridized carbons (Fsp3) is 0.286. The zero-order chi connectivity index (χ0) is 20.9. The van der Waals surface area contributed by atoms with Crippen molar-refractivity contribution in [2.45, 2.75) is 29.9 Å². The van der Waals surface area contributed by atoms with E-state index in [0.717, 1.165) is 9.87 Å². The van der Waals surface area contributed by atoms with E-state index in [0.29, 0.717) is 5.75 Å². The van der Waals surface area contributed by atoms with Gasteiger partial charge in [0.2, 0.25) is 10.0 Å². The summed E-state index contributed by atoms with van der Waals surface area (Å²) < 4.78 is 32.1. The Balaban J connectivity index is 1.68. The summed E-state index contributed by atoms with van der Waals surface area (Å²) in [6.45, 7) is -0.104. The molecule has 29 heavy (non-hydrogen) atoms. The van der Waals surface area contributed by atoms with Crippen molar-refractivity contribution < 1.29 is 28.2 Å². The van der Waals surface area contributed by atoms with E-state index in [2.05, 4.69) is 11.8 Å². The maximum absolute atomic E-state index is 12.9. The molecule has 1 heterocycles. The number of ether oxygens (including phenoxy) is 1. The molecule has 1 aliphatic heterocycles. The summed E-state index contributed by atoms with van der Waals surface area (Å²) in [6, 6.07) is 14.0. The number of carboxylic acids is 1. The number of hydrogen-bond acceptors (Lipinski definition) is 5. The number of hydrogen-bond donors (Lipinski definition) is 2. The third-order valence-corrected chi connectivity index (χ3v) is 6.43. The van der Waals surface area contributed by atoms with Crippen LogP contribution in [0.1, 0.15) is 18.4 Å². The van der Waals surface area contributed by atoms with Gasteiger partial charge in [0.15, 0.2) is 0 Å². The van der Waals surface area contributed by atoms with Crippen molar-refractivity contribution in [1.82, 2.24) is 4.31 Å². The molecule has 2 aromatic carbocycles. The molecule has 7 nitrogen and oxygen atoms in total. The Morgan fingerprint density at radius 1 is 1.10 bits per heavy atom. The van der Waals surface area contributed by atoms with Crippen LogP contribution in [0.15, 0.2) is 59.5 Å². The zero-order valence-electron chi connectivity index (χ0n) is 15.6. The molecule has 1 saturated heterocycles. The van der Waals surface area contributed by atoms with Crippen molar-refractivity contribution in [3.63, 3.8) is 0 Å². The van der Waals surface area contributed by atoms with E-state index >= 15 is 0 Å². The largest absolute Gasteiger partial charge is 0.481 e. The van der Waals surface area contributed by atoms with Crippen LogP contribution in [0, 0.1) is 11.8 Å². The number of β-amino-alcohol motifs (C(OH)–C–C–N with tert-alkyl or cyclic N) is 1. The van der Waals surface area contributed by atoms with Gasteiger partial charge in [-0.05, 0) is 49.2 Å². The van der Waals surface area contributed by atoms with Gasteiger partial charge in [-0.1, -0.05) is 30.0 Å². The highest BCUT2D eigenvalue weighted by atomic mass is 32.2. The molecule has 2 atom stereocenters. The van der Waals surface area contributed by atoms with Crippen LogP contribution in [0.5, 0.6) is 5.75 Å². The highest BCUT2D eigenvalue weighted by molar-refractivity contribution is 7.89. The van der Waals surface area contributed by atoms with Crippen LogP contribution in [-0.2, 0) is 14.8 Å². The highest BCUT2D eigenvalue weighted by Crippen LogP contribution is 2.27. The van der Waals surface area contributed by atoms with Gasteiger partial charge in [0.05, 0.1) is 11.0 Å². The first kappa shape index (κ1) is 20.9. The number of aliphatic carboxylic acids is 1. The summed E-state index contributed by atoms with van der Waals surface area (Å²) in [5, 5.41) is 19.1. The third kappa shape index (κ3) is 5.15. The standard InChI is InChI=1S/C21H21NO6S/c23-17-8-13-20(21(24)25)22(15-17)29(26,27)19-11-9-18(10-12-19)28-14-4-7-16-5-2-1-3-6-16/h1-3,5-6,9-12,17,20,23H,8,13-15H2,(H,24,25). The number of aliphatic hydroxyl groups excluding tert-OH is 1. The second-order valence-corrected chi connectivity index (χ2v) is 8.48. The predicted octanol–water partition coefficient (Wildman–Crippen LogP) is 1.72. The van der Waals surface area contributed by atoms with Crippen LogP contribution in [0.2, 0.25) is 0 Å². The van der Waals surface area contributed by atoms with Crippen LogP contribution < -0.4 is 4.74 Å². The first-order valence-electron chi connectivity index (χ1n) is 9.07. The Morgan fingerprint density at radius 2 is 1.79 bits per heavy atom. The van der Waals surface area contributed by atoms with Gasteiger partial charge in [0.25, 0.3) is 0 Å². The van der Waals surface area contributed by atoms with E-state index in [-0.39, 0.29) is 30.9 Å². The maximum Gasteiger partial charge on any atom is 0.322 e. The molecule has 0 saturated carbocycles. The van der Waals surface area contributed by atoms with Gasteiger partial charge in [-0.3, -0.25) is 4.79 Å². The quantitative estimate of drug-likeness (QED) is 0.721. The van der Waals surface area contributed by atoms with E-state index < -0.39 is 28.1 Å². The molecule has 0 spiro atoms. The maximum atomic E-state index is 12.9. The second-order valence-electron chi connectivity index (χ2n) is 6.59. The Hall–Kier alpha value is -2.86. The minimum atomic E-state index is -4.06. The first-order chi connectivity index (χ1) is 13.9. The van der Waals surface area contributed by atoms with Crippen molar-refractivity contribution in [3.8, 4) is 17.6 Å². The van der Waals surface area contributed by atoms with Gasteiger partial charge in [0, 0.05) is 12.1 Å². The molecule has 2 unspecified atom stereocenters. The van der Waals surface area contributed by atoms with Crippen LogP contribution in [0.25, 0.3) is 0 Å². The average molecular weight is 415 g/mol. The molecular weight excluding hydrogens is 394 g/mol. The van der Waals surface area contributed by atoms with Crippen molar-refractivity contribution in [1.29, 1.82) is 0 Å². The van der Waals surface area contributed by atoms with E-state index in [1.165, 1.54) is 24.3 Å². The van der Waals surface area contributed by atoms with Gasteiger partial charge in [0.1, 0.15) is 18.4 Å². The van der Waals surface area contributed by atoms with E-state index in [1.807, 2.05) is 30.3 Å². The molecule has 2 N–H and O–H groups in total. The van der Waals surface area contributed by atoms with Crippen LogP contribution >= 0.6 is 0 Å². The molecular formula is C21H21NO6S. The monoisotopic (exact) mass is 415 g/mol. The molecule has 0 aliphatic carbocycles. The number of carboxylic acid groups (broad SMARTS) is 1. The lowest BCUT2D eigenvalue weighted by molar-refractivity contribution is -0.143. The molecule has 3 rings (SSSR count). The predicted molar refractivity (Wildman–Crippen MR) is 106 cm³/mol. The lowest BCUT2D eigenvalue weighted by Crippen LogP contribution is -2.51. The Labute approximate surface area is 169 Å². The number of nitrogens with zero attached hydrogens (tertiary/aromatic N) is 1. The summed E-state index contributed by atoms with van der Waals surface area (Å²) in [4.78, 5) is 11.4. The molecule has 0 radical (unpaired) electrons. The topological polar surface area (TPSA) is 104 Å². The summed E-state index contributed by atoms with van der Waals surface area (Å²) in [5.74, 6) is 5.05. The summed E-state index contributed by atoms with van der Waals surface area (Å²) in [5.41, 5.74) is 0.870. The summed E-state index contributed by atoms with van der Waals surface area (Å²) >= 11 is 0. The molecule has 8 heteroatoms. The van der Waals surface area contributed by atoms with Crippen LogP contribution in [0.3, 0.4) is 0 Å². The number of rotatable bonds is 5. The molecule has 152 valence electrons.